The Kier molecular flexibility index (Phi) is 4.42. The van der Waals surface area contributed by atoms with Gasteiger partial charge in [-0.3, -0.25) is 0 Å². The van der Waals surface area contributed by atoms with Gasteiger partial charge in [-0.1, -0.05) is 30.0 Å². The lowest BCUT2D eigenvalue weighted by Crippen LogP contribution is -2.36. The molecule has 0 aromatic heterocycles. The van der Waals surface area contributed by atoms with Crippen LogP contribution in [0.4, 0.5) is 0 Å². The third kappa shape index (κ3) is 3.69. The second-order valence-corrected chi connectivity index (χ2v) is 3.96. The highest BCUT2D eigenvalue weighted by Crippen LogP contribution is 2.04. The van der Waals surface area contributed by atoms with E-state index in [9.17, 15) is 0 Å². The van der Waals surface area contributed by atoms with Crippen LogP contribution < -0.4 is 5.32 Å². The Balaban J connectivity index is 1.73. The molecule has 0 aliphatic carbocycles. The topological polar surface area (TPSA) is 21.3 Å². The minimum atomic E-state index is 0.485. The normalized spacial score (nSPS) is 19.9. The first-order chi connectivity index (χ1) is 7.95. The van der Waals surface area contributed by atoms with Crippen LogP contribution in [0.5, 0.6) is 0 Å². The number of hydrogen-bond acceptors (Lipinski definition) is 2. The van der Waals surface area contributed by atoms with Crippen LogP contribution in [0, 0.1) is 11.8 Å². The van der Waals surface area contributed by atoms with Crippen LogP contribution in [0.25, 0.3) is 0 Å². The van der Waals surface area contributed by atoms with Crippen LogP contribution in [0.2, 0.25) is 0 Å². The molecule has 1 saturated heterocycles. The van der Waals surface area contributed by atoms with Gasteiger partial charge >= 0.3 is 0 Å². The van der Waals surface area contributed by atoms with Crippen LogP contribution in [-0.2, 0) is 4.74 Å². The van der Waals surface area contributed by atoms with Crippen molar-refractivity contribution < 1.29 is 4.74 Å². The second kappa shape index (κ2) is 6.32. The van der Waals surface area contributed by atoms with E-state index in [1.807, 2.05) is 30.3 Å². The van der Waals surface area contributed by atoms with Crippen LogP contribution in [0.15, 0.2) is 30.3 Å². The molecular formula is C14H17NO. The molecule has 1 fully saturated rings. The Hall–Kier alpha value is -1.30. The highest BCUT2D eigenvalue weighted by atomic mass is 16.5. The molecule has 2 heteroatoms. The highest BCUT2D eigenvalue weighted by Gasteiger charge is 2.11. The van der Waals surface area contributed by atoms with E-state index in [-0.39, 0.29) is 0 Å². The molecule has 0 bridgehead atoms. The predicted octanol–water partition coefficient (Wildman–Crippen LogP) is 1.81. The van der Waals surface area contributed by atoms with Gasteiger partial charge in [0.1, 0.15) is 0 Å². The molecule has 0 radical (unpaired) electrons. The summed E-state index contributed by atoms with van der Waals surface area (Å²) in [5.74, 6) is 6.26. The minimum Gasteiger partial charge on any atom is -0.380 e. The van der Waals surface area contributed by atoms with Crippen LogP contribution in [0.1, 0.15) is 18.4 Å². The van der Waals surface area contributed by atoms with Gasteiger partial charge in [-0.15, -0.1) is 0 Å². The standard InChI is InChI=1S/C14H17NO/c1-2-6-13(7-3-1)8-4-10-15-14-9-5-11-16-12-14/h1-3,6-7,14-15H,5,9-12H2. The van der Waals surface area contributed by atoms with Gasteiger partial charge in [-0.2, -0.15) is 0 Å². The average molecular weight is 215 g/mol. The zero-order valence-corrected chi connectivity index (χ0v) is 9.41. The SMILES string of the molecule is C(#Cc1ccccc1)CNC1CCCOC1. The molecule has 0 amide bonds. The van der Waals surface area contributed by atoms with Crippen molar-refractivity contribution >= 4 is 0 Å². The van der Waals surface area contributed by atoms with Gasteiger partial charge in [0, 0.05) is 18.2 Å². The first-order valence-corrected chi connectivity index (χ1v) is 5.80. The summed E-state index contributed by atoms with van der Waals surface area (Å²) in [5, 5.41) is 3.39. The summed E-state index contributed by atoms with van der Waals surface area (Å²) >= 11 is 0. The van der Waals surface area contributed by atoms with Crippen molar-refractivity contribution in [1.82, 2.24) is 5.32 Å². The lowest BCUT2D eigenvalue weighted by molar-refractivity contribution is 0.0719. The number of nitrogens with one attached hydrogen (secondary N) is 1. The van der Waals surface area contributed by atoms with Crippen LogP contribution >= 0.6 is 0 Å². The molecule has 1 N–H and O–H groups in total. The molecule has 1 atom stereocenters. The second-order valence-electron chi connectivity index (χ2n) is 3.96. The van der Waals surface area contributed by atoms with Crippen molar-refractivity contribution in [3.8, 4) is 11.8 Å². The van der Waals surface area contributed by atoms with Gasteiger partial charge in [-0.05, 0) is 25.0 Å². The van der Waals surface area contributed by atoms with E-state index in [0.29, 0.717) is 6.04 Å². The number of benzene rings is 1. The number of ether oxygens (including phenoxy) is 1. The molecule has 2 rings (SSSR count). The summed E-state index contributed by atoms with van der Waals surface area (Å²) in [4.78, 5) is 0. The monoisotopic (exact) mass is 215 g/mol. The molecule has 1 aliphatic rings. The van der Waals surface area contributed by atoms with E-state index >= 15 is 0 Å². The Morgan fingerprint density at radius 1 is 1.31 bits per heavy atom. The van der Waals surface area contributed by atoms with E-state index in [0.717, 1.165) is 31.7 Å². The van der Waals surface area contributed by atoms with Crippen molar-refractivity contribution in [2.24, 2.45) is 0 Å². The fraction of sp³-hybridized carbons (Fsp3) is 0.429. The summed E-state index contributed by atoms with van der Waals surface area (Å²) in [6.07, 6.45) is 2.36. The molecule has 1 unspecified atom stereocenters. The Morgan fingerprint density at radius 2 is 2.19 bits per heavy atom. The van der Waals surface area contributed by atoms with E-state index < -0.39 is 0 Å². The lowest BCUT2D eigenvalue weighted by atomic mass is 10.1. The molecular weight excluding hydrogens is 198 g/mol. The molecule has 2 nitrogen and oxygen atoms in total. The molecule has 1 aromatic rings. The van der Waals surface area contributed by atoms with Crippen LogP contribution in [-0.4, -0.2) is 25.8 Å². The van der Waals surface area contributed by atoms with E-state index in [1.54, 1.807) is 0 Å². The molecule has 1 heterocycles. The summed E-state index contributed by atoms with van der Waals surface area (Å²) in [6.45, 7) is 2.48. The summed E-state index contributed by atoms with van der Waals surface area (Å²) in [5.41, 5.74) is 1.07. The van der Waals surface area contributed by atoms with Crippen molar-refractivity contribution in [2.75, 3.05) is 19.8 Å². The molecule has 16 heavy (non-hydrogen) atoms. The summed E-state index contributed by atoms with van der Waals surface area (Å²) in [7, 11) is 0. The number of hydrogen-bond donors (Lipinski definition) is 1. The maximum Gasteiger partial charge on any atom is 0.0619 e. The Labute approximate surface area is 97.0 Å². The smallest absolute Gasteiger partial charge is 0.0619 e. The zero-order valence-electron chi connectivity index (χ0n) is 9.41. The minimum absolute atomic E-state index is 0.485. The van der Waals surface area contributed by atoms with Gasteiger partial charge < -0.3 is 10.1 Å². The van der Waals surface area contributed by atoms with E-state index in [1.165, 1.54) is 6.42 Å². The van der Waals surface area contributed by atoms with Gasteiger partial charge in [-0.25, -0.2) is 0 Å². The van der Waals surface area contributed by atoms with Gasteiger partial charge in [0.25, 0.3) is 0 Å². The third-order valence-corrected chi connectivity index (χ3v) is 2.65. The predicted molar refractivity (Wildman–Crippen MR) is 65.2 cm³/mol. The van der Waals surface area contributed by atoms with E-state index in [4.69, 9.17) is 4.74 Å². The van der Waals surface area contributed by atoms with Crippen molar-refractivity contribution in [1.29, 1.82) is 0 Å². The molecule has 0 saturated carbocycles. The fourth-order valence-corrected chi connectivity index (χ4v) is 1.76. The van der Waals surface area contributed by atoms with Gasteiger partial charge in [0.2, 0.25) is 0 Å². The average Bonchev–Trinajstić information content (AvgIpc) is 2.37. The summed E-state index contributed by atoms with van der Waals surface area (Å²) < 4.78 is 5.39. The first kappa shape index (κ1) is 11.2. The molecule has 0 spiro atoms. The lowest BCUT2D eigenvalue weighted by Gasteiger charge is -2.21. The van der Waals surface area contributed by atoms with Gasteiger partial charge in [0.05, 0.1) is 13.2 Å². The fourth-order valence-electron chi connectivity index (χ4n) is 1.76. The molecule has 1 aromatic carbocycles. The Morgan fingerprint density at radius 3 is 2.94 bits per heavy atom. The highest BCUT2D eigenvalue weighted by molar-refractivity contribution is 5.33. The number of rotatable bonds is 2. The van der Waals surface area contributed by atoms with Crippen molar-refractivity contribution in [2.45, 2.75) is 18.9 Å². The first-order valence-electron chi connectivity index (χ1n) is 5.80. The summed E-state index contributed by atoms with van der Waals surface area (Å²) in [6, 6.07) is 10.5. The molecule has 1 aliphatic heterocycles. The zero-order chi connectivity index (χ0) is 11.1. The third-order valence-electron chi connectivity index (χ3n) is 2.65. The van der Waals surface area contributed by atoms with E-state index in [2.05, 4.69) is 17.2 Å². The maximum atomic E-state index is 5.39. The largest absolute Gasteiger partial charge is 0.380 e. The van der Waals surface area contributed by atoms with Crippen molar-refractivity contribution in [3.05, 3.63) is 35.9 Å². The van der Waals surface area contributed by atoms with Crippen molar-refractivity contribution in [3.63, 3.8) is 0 Å². The molecule has 84 valence electrons. The van der Waals surface area contributed by atoms with Gasteiger partial charge in [0.15, 0.2) is 0 Å². The quantitative estimate of drug-likeness (QED) is 0.760. The van der Waals surface area contributed by atoms with Crippen LogP contribution in [0.3, 0.4) is 0 Å². The maximum absolute atomic E-state index is 5.39. The Bertz CT molecular complexity index is 357.